The molecule has 0 saturated carbocycles. The highest BCUT2D eigenvalue weighted by Gasteiger charge is 2.06. The summed E-state index contributed by atoms with van der Waals surface area (Å²) in [5.41, 5.74) is 0.677. The van der Waals surface area contributed by atoms with Crippen molar-refractivity contribution in [2.45, 2.75) is 52.4 Å². The fraction of sp³-hybridized carbons (Fsp3) is 0.727. The van der Waals surface area contributed by atoms with Gasteiger partial charge in [-0.15, -0.1) is 0 Å². The van der Waals surface area contributed by atoms with E-state index in [0.717, 1.165) is 12.8 Å². The molecule has 82 valence electrons. The summed E-state index contributed by atoms with van der Waals surface area (Å²) in [5, 5.41) is 0. The summed E-state index contributed by atoms with van der Waals surface area (Å²) in [5.74, 6) is -0.412. The molecule has 0 N–H and O–H groups in total. The molecule has 0 aromatic rings. The standard InChI is InChI=1S/C11H19ClO2/c1-3-5-6-7-8-9-10(4-2)11(13)14-12/h9H,3-8H2,1-2H3. The zero-order valence-corrected chi connectivity index (χ0v) is 9.77. The SMILES string of the molecule is CCCCCCC=C(CC)C(=O)OCl. The average molecular weight is 219 g/mol. The molecule has 0 aliphatic heterocycles. The third-order valence-corrected chi connectivity index (χ3v) is 2.30. The maximum atomic E-state index is 11.0. The lowest BCUT2D eigenvalue weighted by Gasteiger charge is -2.00. The first kappa shape index (κ1) is 13.5. The summed E-state index contributed by atoms with van der Waals surface area (Å²) in [6, 6.07) is 0. The summed E-state index contributed by atoms with van der Waals surface area (Å²) >= 11 is 5.00. The molecule has 0 radical (unpaired) electrons. The topological polar surface area (TPSA) is 26.3 Å². The van der Waals surface area contributed by atoms with Crippen LogP contribution in [0.3, 0.4) is 0 Å². The third kappa shape index (κ3) is 6.03. The number of hydrogen-bond acceptors (Lipinski definition) is 2. The predicted molar refractivity (Wildman–Crippen MR) is 59.1 cm³/mol. The zero-order chi connectivity index (χ0) is 10.8. The van der Waals surface area contributed by atoms with E-state index in [2.05, 4.69) is 11.2 Å². The van der Waals surface area contributed by atoms with E-state index < -0.39 is 5.97 Å². The van der Waals surface area contributed by atoms with Gasteiger partial charge < -0.3 is 4.29 Å². The van der Waals surface area contributed by atoms with Crippen LogP contribution in [-0.4, -0.2) is 5.97 Å². The first-order chi connectivity index (χ1) is 6.76. The Morgan fingerprint density at radius 3 is 2.50 bits per heavy atom. The lowest BCUT2D eigenvalue weighted by Crippen LogP contribution is -2.00. The van der Waals surface area contributed by atoms with E-state index in [1.54, 1.807) is 0 Å². The quantitative estimate of drug-likeness (QED) is 0.477. The number of rotatable bonds is 7. The normalized spacial score (nSPS) is 11.5. The maximum absolute atomic E-state index is 11.0. The van der Waals surface area contributed by atoms with Gasteiger partial charge in [0, 0.05) is 5.57 Å². The molecule has 0 bridgehead atoms. The number of hydrogen-bond donors (Lipinski definition) is 0. The van der Waals surface area contributed by atoms with Crippen molar-refractivity contribution in [2.75, 3.05) is 0 Å². The minimum atomic E-state index is -0.412. The second-order valence-corrected chi connectivity index (χ2v) is 3.45. The predicted octanol–water partition coefficient (Wildman–Crippen LogP) is 3.99. The summed E-state index contributed by atoms with van der Waals surface area (Å²) in [6.07, 6.45) is 8.39. The highest BCUT2D eigenvalue weighted by atomic mass is 35.5. The number of carbonyl (C=O) groups is 1. The molecule has 0 unspecified atom stereocenters. The molecule has 0 aromatic carbocycles. The molecule has 0 atom stereocenters. The van der Waals surface area contributed by atoms with E-state index >= 15 is 0 Å². The first-order valence-electron chi connectivity index (χ1n) is 5.28. The lowest BCUT2D eigenvalue weighted by atomic mass is 10.1. The zero-order valence-electron chi connectivity index (χ0n) is 9.01. The molecular formula is C11H19ClO2. The van der Waals surface area contributed by atoms with Gasteiger partial charge in [0.25, 0.3) is 0 Å². The molecule has 0 aliphatic rings. The Hall–Kier alpha value is -0.500. The molecule has 3 heteroatoms. The fourth-order valence-corrected chi connectivity index (χ4v) is 1.37. The lowest BCUT2D eigenvalue weighted by molar-refractivity contribution is -0.129. The molecule has 0 spiro atoms. The molecule has 0 aliphatic carbocycles. The van der Waals surface area contributed by atoms with Crippen LogP contribution in [0.2, 0.25) is 0 Å². The third-order valence-electron chi connectivity index (χ3n) is 2.16. The van der Waals surface area contributed by atoms with Gasteiger partial charge in [0.2, 0.25) is 0 Å². The van der Waals surface area contributed by atoms with Crippen LogP contribution in [0, 0.1) is 0 Å². The molecule has 0 heterocycles. The van der Waals surface area contributed by atoms with Crippen molar-refractivity contribution in [3.8, 4) is 0 Å². The van der Waals surface area contributed by atoms with Crippen molar-refractivity contribution >= 4 is 17.8 Å². The Morgan fingerprint density at radius 2 is 2.00 bits per heavy atom. The first-order valence-corrected chi connectivity index (χ1v) is 5.59. The monoisotopic (exact) mass is 218 g/mol. The van der Waals surface area contributed by atoms with Crippen molar-refractivity contribution in [1.29, 1.82) is 0 Å². The Bertz CT molecular complexity index is 188. The minimum Gasteiger partial charge on any atom is -0.343 e. The number of allylic oxidation sites excluding steroid dienone is 1. The van der Waals surface area contributed by atoms with E-state index in [0.29, 0.717) is 12.0 Å². The molecule has 2 nitrogen and oxygen atoms in total. The van der Waals surface area contributed by atoms with Crippen molar-refractivity contribution in [2.24, 2.45) is 0 Å². The Balaban J connectivity index is 3.76. The summed E-state index contributed by atoms with van der Waals surface area (Å²) in [6.45, 7) is 4.10. The number of unbranched alkanes of at least 4 members (excludes halogenated alkanes) is 4. The molecule has 14 heavy (non-hydrogen) atoms. The molecule has 0 rings (SSSR count). The summed E-state index contributed by atoms with van der Waals surface area (Å²) < 4.78 is 4.15. The van der Waals surface area contributed by atoms with Crippen LogP contribution in [0.1, 0.15) is 52.4 Å². The van der Waals surface area contributed by atoms with E-state index in [4.69, 9.17) is 11.9 Å². The summed E-state index contributed by atoms with van der Waals surface area (Å²) in [7, 11) is 0. The van der Waals surface area contributed by atoms with Gasteiger partial charge in [0.05, 0.1) is 0 Å². The van der Waals surface area contributed by atoms with Crippen LogP contribution < -0.4 is 0 Å². The minimum absolute atomic E-state index is 0.412. The molecule has 0 aromatic heterocycles. The molecule has 0 amide bonds. The largest absolute Gasteiger partial charge is 0.351 e. The summed E-state index contributed by atoms with van der Waals surface area (Å²) in [4.78, 5) is 11.0. The van der Waals surface area contributed by atoms with Crippen LogP contribution >= 0.6 is 11.9 Å². The van der Waals surface area contributed by atoms with Gasteiger partial charge >= 0.3 is 5.97 Å². The van der Waals surface area contributed by atoms with Crippen molar-refractivity contribution in [1.82, 2.24) is 0 Å². The molecular weight excluding hydrogens is 200 g/mol. The highest BCUT2D eigenvalue weighted by molar-refractivity contribution is 6.15. The van der Waals surface area contributed by atoms with E-state index in [1.165, 1.54) is 19.3 Å². The molecule has 0 fully saturated rings. The smallest absolute Gasteiger partial charge is 0.343 e. The van der Waals surface area contributed by atoms with Gasteiger partial charge in [0.15, 0.2) is 0 Å². The fourth-order valence-electron chi connectivity index (χ4n) is 1.27. The Labute approximate surface area is 91.4 Å². The second-order valence-electron chi connectivity index (χ2n) is 3.30. The van der Waals surface area contributed by atoms with Gasteiger partial charge in [-0.2, -0.15) is 0 Å². The van der Waals surface area contributed by atoms with E-state index in [9.17, 15) is 4.79 Å². The van der Waals surface area contributed by atoms with Gasteiger partial charge in [-0.1, -0.05) is 39.2 Å². The van der Waals surface area contributed by atoms with Gasteiger partial charge in [-0.3, -0.25) is 0 Å². The van der Waals surface area contributed by atoms with Crippen molar-refractivity contribution in [3.05, 3.63) is 11.6 Å². The molecule has 0 saturated heterocycles. The van der Waals surface area contributed by atoms with Crippen LogP contribution in [-0.2, 0) is 9.08 Å². The Morgan fingerprint density at radius 1 is 1.29 bits per heavy atom. The maximum Gasteiger partial charge on any atom is 0.351 e. The highest BCUT2D eigenvalue weighted by Crippen LogP contribution is 2.09. The van der Waals surface area contributed by atoms with Crippen LogP contribution in [0.4, 0.5) is 0 Å². The van der Waals surface area contributed by atoms with Gasteiger partial charge in [0.1, 0.15) is 11.9 Å². The Kier molecular flexibility index (Phi) is 8.75. The van der Waals surface area contributed by atoms with Crippen molar-refractivity contribution in [3.63, 3.8) is 0 Å². The van der Waals surface area contributed by atoms with Crippen molar-refractivity contribution < 1.29 is 9.08 Å². The van der Waals surface area contributed by atoms with Crippen LogP contribution in [0.5, 0.6) is 0 Å². The van der Waals surface area contributed by atoms with E-state index in [-0.39, 0.29) is 0 Å². The number of carbonyl (C=O) groups excluding carboxylic acids is 1. The number of halogens is 1. The average Bonchev–Trinajstić information content (AvgIpc) is 2.22. The van der Waals surface area contributed by atoms with Gasteiger partial charge in [-0.05, 0) is 19.3 Å². The van der Waals surface area contributed by atoms with Crippen LogP contribution in [0.15, 0.2) is 11.6 Å². The van der Waals surface area contributed by atoms with E-state index in [1.807, 2.05) is 13.0 Å². The van der Waals surface area contributed by atoms with Crippen LogP contribution in [0.25, 0.3) is 0 Å². The second kappa shape index (κ2) is 9.07. The van der Waals surface area contributed by atoms with Gasteiger partial charge in [-0.25, -0.2) is 4.79 Å².